The van der Waals surface area contributed by atoms with Gasteiger partial charge < -0.3 is 9.47 Å². The lowest BCUT2D eigenvalue weighted by Gasteiger charge is -2.10. The molecular weight excluding hydrogens is 427 g/mol. The van der Waals surface area contributed by atoms with E-state index in [1.165, 1.54) is 6.08 Å². The van der Waals surface area contributed by atoms with Crippen LogP contribution in [0.3, 0.4) is 0 Å². The number of hydrogen-bond acceptors (Lipinski definition) is 3. The van der Waals surface area contributed by atoms with Crippen LogP contribution < -0.4 is 4.74 Å². The van der Waals surface area contributed by atoms with Crippen LogP contribution in [0.4, 0.5) is 0 Å². The first-order valence-electron chi connectivity index (χ1n) is 7.10. The molecule has 2 rings (SSSR count). The zero-order valence-corrected chi connectivity index (χ0v) is 15.5. The van der Waals surface area contributed by atoms with Gasteiger partial charge in [-0.2, -0.15) is 0 Å². The van der Waals surface area contributed by atoms with E-state index in [9.17, 15) is 4.79 Å². The van der Waals surface area contributed by atoms with E-state index < -0.39 is 0 Å². The first-order chi connectivity index (χ1) is 11.1. The molecule has 0 fully saturated rings. The molecule has 23 heavy (non-hydrogen) atoms. The number of ether oxygens (including phenoxy) is 2. The van der Waals surface area contributed by atoms with Crippen LogP contribution in [0.2, 0.25) is 5.02 Å². The summed E-state index contributed by atoms with van der Waals surface area (Å²) in [4.78, 5) is 11.3. The maximum Gasteiger partial charge on any atom is 0.330 e. The van der Waals surface area contributed by atoms with Crippen molar-refractivity contribution in [1.82, 2.24) is 0 Å². The molecule has 0 radical (unpaired) electrons. The van der Waals surface area contributed by atoms with E-state index in [2.05, 4.69) is 22.6 Å². The molecule has 0 heterocycles. The highest BCUT2D eigenvalue weighted by Gasteiger charge is 2.05. The van der Waals surface area contributed by atoms with Gasteiger partial charge in [0.15, 0.2) is 0 Å². The van der Waals surface area contributed by atoms with Gasteiger partial charge in [0.05, 0.1) is 10.2 Å². The summed E-state index contributed by atoms with van der Waals surface area (Å²) >= 11 is 8.32. The Kier molecular flexibility index (Phi) is 6.92. The fourth-order valence-corrected chi connectivity index (χ4v) is 2.75. The number of hydrogen-bond donors (Lipinski definition) is 0. The molecule has 2 aromatic rings. The molecule has 2 aromatic carbocycles. The first kappa shape index (κ1) is 17.8. The maximum atomic E-state index is 11.3. The Morgan fingerprint density at radius 3 is 2.74 bits per heavy atom. The van der Waals surface area contributed by atoms with Gasteiger partial charge in [-0.1, -0.05) is 35.9 Å². The third-order valence-corrected chi connectivity index (χ3v) is 4.21. The number of benzene rings is 2. The van der Waals surface area contributed by atoms with Crippen molar-refractivity contribution in [2.75, 3.05) is 6.61 Å². The minimum absolute atomic E-state index is 0.346. The lowest BCUT2D eigenvalue weighted by atomic mass is 10.2. The predicted octanol–water partition coefficient (Wildman–Crippen LogP) is 5.10. The Balaban J connectivity index is 2.02. The Bertz CT molecular complexity index is 713. The van der Waals surface area contributed by atoms with Crippen molar-refractivity contribution in [3.8, 4) is 5.75 Å². The van der Waals surface area contributed by atoms with E-state index in [1.807, 2.05) is 42.5 Å². The number of halogens is 2. The number of rotatable bonds is 6. The Morgan fingerprint density at radius 1 is 1.26 bits per heavy atom. The molecule has 0 saturated heterocycles. The smallest absolute Gasteiger partial charge is 0.330 e. The molecule has 0 aromatic heterocycles. The molecule has 0 aliphatic heterocycles. The van der Waals surface area contributed by atoms with Crippen LogP contribution in [0, 0.1) is 3.57 Å². The van der Waals surface area contributed by atoms with Gasteiger partial charge in [0, 0.05) is 16.7 Å². The van der Waals surface area contributed by atoms with E-state index in [1.54, 1.807) is 13.0 Å². The van der Waals surface area contributed by atoms with Gasteiger partial charge in [-0.3, -0.25) is 0 Å². The molecular formula is C18H16ClIO3. The molecule has 3 nitrogen and oxygen atoms in total. The van der Waals surface area contributed by atoms with Crippen LogP contribution in [0.1, 0.15) is 18.1 Å². The molecule has 0 aliphatic carbocycles. The molecule has 0 amide bonds. The fourth-order valence-electron chi connectivity index (χ4n) is 1.86. The van der Waals surface area contributed by atoms with Gasteiger partial charge in [0.1, 0.15) is 12.4 Å². The van der Waals surface area contributed by atoms with E-state index >= 15 is 0 Å². The zero-order valence-electron chi connectivity index (χ0n) is 12.6. The van der Waals surface area contributed by atoms with Crippen LogP contribution in [0.25, 0.3) is 6.08 Å². The van der Waals surface area contributed by atoms with Crippen molar-refractivity contribution >= 4 is 46.2 Å². The zero-order chi connectivity index (χ0) is 16.7. The van der Waals surface area contributed by atoms with Crippen molar-refractivity contribution in [2.45, 2.75) is 13.5 Å². The highest BCUT2D eigenvalue weighted by atomic mass is 127. The summed E-state index contributed by atoms with van der Waals surface area (Å²) in [7, 11) is 0. The van der Waals surface area contributed by atoms with Crippen molar-refractivity contribution in [3.05, 3.63) is 68.3 Å². The summed E-state index contributed by atoms with van der Waals surface area (Å²) in [5.41, 5.74) is 1.85. The topological polar surface area (TPSA) is 35.5 Å². The van der Waals surface area contributed by atoms with Crippen molar-refractivity contribution in [2.24, 2.45) is 0 Å². The van der Waals surface area contributed by atoms with Gasteiger partial charge in [0.25, 0.3) is 0 Å². The minimum atomic E-state index is -0.346. The second-order valence-electron chi connectivity index (χ2n) is 4.66. The summed E-state index contributed by atoms with van der Waals surface area (Å²) in [6, 6.07) is 13.3. The number of carbonyl (C=O) groups excluding carboxylic acids is 1. The summed E-state index contributed by atoms with van der Waals surface area (Å²) in [5.74, 6) is 0.431. The maximum absolute atomic E-state index is 11.3. The average Bonchev–Trinajstić information content (AvgIpc) is 2.54. The number of esters is 1. The second-order valence-corrected chi connectivity index (χ2v) is 6.22. The summed E-state index contributed by atoms with van der Waals surface area (Å²) < 4.78 is 11.6. The monoisotopic (exact) mass is 442 g/mol. The van der Waals surface area contributed by atoms with E-state index in [0.717, 1.165) is 20.4 Å². The van der Waals surface area contributed by atoms with Crippen LogP contribution >= 0.6 is 34.2 Å². The molecule has 120 valence electrons. The Labute approximate surface area is 154 Å². The average molecular weight is 443 g/mol. The lowest BCUT2D eigenvalue weighted by Crippen LogP contribution is -1.99. The summed E-state index contributed by atoms with van der Waals surface area (Å²) in [6.07, 6.45) is 3.14. The third kappa shape index (κ3) is 5.55. The quantitative estimate of drug-likeness (QED) is 0.355. The first-order valence-corrected chi connectivity index (χ1v) is 8.56. The van der Waals surface area contributed by atoms with Gasteiger partial charge in [-0.15, -0.1) is 0 Å². The van der Waals surface area contributed by atoms with E-state index in [0.29, 0.717) is 18.2 Å². The highest BCUT2D eigenvalue weighted by Crippen LogP contribution is 2.25. The van der Waals surface area contributed by atoms with Gasteiger partial charge in [-0.05, 0) is 59.4 Å². The summed E-state index contributed by atoms with van der Waals surface area (Å²) in [6.45, 7) is 2.56. The van der Waals surface area contributed by atoms with Crippen LogP contribution in [0.15, 0.2) is 48.5 Å². The largest absolute Gasteiger partial charge is 0.488 e. The molecule has 0 bridgehead atoms. The van der Waals surface area contributed by atoms with Crippen molar-refractivity contribution in [1.29, 1.82) is 0 Å². The Morgan fingerprint density at radius 2 is 2.04 bits per heavy atom. The van der Waals surface area contributed by atoms with E-state index in [4.69, 9.17) is 21.1 Å². The molecule has 0 spiro atoms. The third-order valence-electron chi connectivity index (χ3n) is 3.00. The summed E-state index contributed by atoms with van der Waals surface area (Å²) in [5, 5.41) is 0.691. The van der Waals surface area contributed by atoms with Crippen molar-refractivity contribution < 1.29 is 14.3 Å². The van der Waals surface area contributed by atoms with Gasteiger partial charge in [0.2, 0.25) is 0 Å². The normalized spacial score (nSPS) is 10.7. The molecule has 5 heteroatoms. The standard InChI is InChI=1S/C18H16ClIO3/c1-2-22-18(21)10-8-13-7-9-17(16(20)11-13)23-12-14-5-3-4-6-15(14)19/h3-11H,2,12H2,1H3/b10-8+. The Hall–Kier alpha value is -1.53. The second kappa shape index (κ2) is 8.93. The molecule has 0 N–H and O–H groups in total. The molecule has 0 saturated carbocycles. The van der Waals surface area contributed by atoms with E-state index in [-0.39, 0.29) is 5.97 Å². The fraction of sp³-hybridized carbons (Fsp3) is 0.167. The molecule has 0 unspecified atom stereocenters. The van der Waals surface area contributed by atoms with Gasteiger partial charge in [-0.25, -0.2) is 4.79 Å². The minimum Gasteiger partial charge on any atom is -0.488 e. The predicted molar refractivity (Wildman–Crippen MR) is 101 cm³/mol. The SMILES string of the molecule is CCOC(=O)/C=C/c1ccc(OCc2ccccc2Cl)c(I)c1. The van der Waals surface area contributed by atoms with Crippen molar-refractivity contribution in [3.63, 3.8) is 0 Å². The van der Waals surface area contributed by atoms with Crippen LogP contribution in [-0.2, 0) is 16.1 Å². The number of carbonyl (C=O) groups is 1. The molecule has 0 atom stereocenters. The molecule has 0 aliphatic rings. The van der Waals surface area contributed by atoms with Crippen LogP contribution in [0.5, 0.6) is 5.75 Å². The lowest BCUT2D eigenvalue weighted by molar-refractivity contribution is -0.137. The van der Waals surface area contributed by atoms with Gasteiger partial charge >= 0.3 is 5.97 Å². The van der Waals surface area contributed by atoms with Crippen LogP contribution in [-0.4, -0.2) is 12.6 Å². The highest BCUT2D eigenvalue weighted by molar-refractivity contribution is 14.1.